The number of alkyl halides is 2. The molecule has 0 amide bonds. The first kappa shape index (κ1) is 12.5. The highest BCUT2D eigenvalue weighted by atomic mass is 19.3. The molecule has 1 saturated heterocycles. The first-order valence-electron chi connectivity index (χ1n) is 5.28. The van der Waals surface area contributed by atoms with E-state index in [0.29, 0.717) is 5.56 Å². The Hall–Kier alpha value is -1.98. The Morgan fingerprint density at radius 1 is 1.39 bits per heavy atom. The summed E-state index contributed by atoms with van der Waals surface area (Å²) in [4.78, 5) is 22.5. The van der Waals surface area contributed by atoms with Gasteiger partial charge in [-0.2, -0.15) is 8.78 Å². The van der Waals surface area contributed by atoms with Gasteiger partial charge in [-0.1, -0.05) is 18.2 Å². The van der Waals surface area contributed by atoms with Crippen LogP contribution in [-0.4, -0.2) is 18.6 Å². The summed E-state index contributed by atoms with van der Waals surface area (Å²) in [5.74, 6) is -2.32. The van der Waals surface area contributed by atoms with Gasteiger partial charge < -0.3 is 9.47 Å². The van der Waals surface area contributed by atoms with Crippen LogP contribution in [0.25, 0.3) is 0 Å². The predicted octanol–water partition coefficient (Wildman–Crippen LogP) is 2.15. The van der Waals surface area contributed by atoms with E-state index in [-0.39, 0.29) is 17.7 Å². The Balaban J connectivity index is 2.41. The van der Waals surface area contributed by atoms with Crippen LogP contribution in [0.3, 0.4) is 0 Å². The predicted molar refractivity (Wildman–Crippen MR) is 56.3 cm³/mol. The molecule has 1 unspecified atom stereocenters. The zero-order valence-corrected chi connectivity index (χ0v) is 9.48. The van der Waals surface area contributed by atoms with Gasteiger partial charge in [-0.15, -0.1) is 0 Å². The van der Waals surface area contributed by atoms with E-state index in [4.69, 9.17) is 0 Å². The summed E-state index contributed by atoms with van der Waals surface area (Å²) in [5.41, 5.74) is 0.728. The standard InChI is InChI=1S/C12H10F2O4/c1-6-3-2-4-7(10(6)18-12(13)14)8-5-9(15)17-11(8)16/h2-4,8,12H,5H2,1H3. The van der Waals surface area contributed by atoms with Crippen LogP contribution < -0.4 is 4.74 Å². The first-order valence-corrected chi connectivity index (χ1v) is 5.28. The number of hydrogen-bond donors (Lipinski definition) is 0. The van der Waals surface area contributed by atoms with Gasteiger partial charge in [0.15, 0.2) is 0 Å². The summed E-state index contributed by atoms with van der Waals surface area (Å²) in [7, 11) is 0. The molecular formula is C12H10F2O4. The van der Waals surface area contributed by atoms with E-state index in [1.54, 1.807) is 19.1 Å². The molecule has 1 aromatic carbocycles. The molecule has 0 saturated carbocycles. The summed E-state index contributed by atoms with van der Waals surface area (Å²) in [6.07, 6.45) is -0.151. The summed E-state index contributed by atoms with van der Waals surface area (Å²) >= 11 is 0. The van der Waals surface area contributed by atoms with Gasteiger partial charge in [-0.3, -0.25) is 9.59 Å². The van der Waals surface area contributed by atoms with Crippen molar-refractivity contribution in [1.29, 1.82) is 0 Å². The molecule has 2 rings (SSSR count). The lowest BCUT2D eigenvalue weighted by Gasteiger charge is -2.15. The van der Waals surface area contributed by atoms with E-state index >= 15 is 0 Å². The van der Waals surface area contributed by atoms with Crippen LogP contribution in [0.2, 0.25) is 0 Å². The molecule has 4 nitrogen and oxygen atoms in total. The second-order valence-electron chi connectivity index (χ2n) is 3.92. The maximum Gasteiger partial charge on any atom is 0.387 e. The number of rotatable bonds is 3. The third-order valence-electron chi connectivity index (χ3n) is 2.69. The maximum absolute atomic E-state index is 12.3. The van der Waals surface area contributed by atoms with Crippen molar-refractivity contribution in [3.05, 3.63) is 29.3 Å². The Morgan fingerprint density at radius 3 is 2.67 bits per heavy atom. The number of esters is 2. The van der Waals surface area contributed by atoms with E-state index in [2.05, 4.69) is 9.47 Å². The SMILES string of the molecule is Cc1cccc(C2CC(=O)OC2=O)c1OC(F)F. The molecule has 1 heterocycles. The molecule has 1 aromatic rings. The molecule has 6 heteroatoms. The van der Waals surface area contributed by atoms with Crippen molar-refractivity contribution in [3.8, 4) is 5.75 Å². The van der Waals surface area contributed by atoms with Gasteiger partial charge in [0.25, 0.3) is 0 Å². The molecule has 0 bridgehead atoms. The van der Waals surface area contributed by atoms with E-state index < -0.39 is 24.5 Å². The number of hydrogen-bond acceptors (Lipinski definition) is 4. The van der Waals surface area contributed by atoms with Crippen LogP contribution in [0.15, 0.2) is 18.2 Å². The van der Waals surface area contributed by atoms with Crippen molar-refractivity contribution in [3.63, 3.8) is 0 Å². The number of halogens is 2. The fourth-order valence-corrected chi connectivity index (χ4v) is 1.91. The number of benzene rings is 1. The molecule has 0 N–H and O–H groups in total. The molecule has 1 aliphatic heterocycles. The summed E-state index contributed by atoms with van der Waals surface area (Å²) in [6, 6.07) is 4.68. The minimum atomic E-state index is -2.99. The van der Waals surface area contributed by atoms with Gasteiger partial charge in [0.2, 0.25) is 0 Å². The van der Waals surface area contributed by atoms with Crippen LogP contribution in [0.1, 0.15) is 23.5 Å². The lowest BCUT2D eigenvalue weighted by molar-refractivity contribution is -0.152. The second-order valence-corrected chi connectivity index (χ2v) is 3.92. The van der Waals surface area contributed by atoms with E-state index in [0.717, 1.165) is 0 Å². The third kappa shape index (κ3) is 2.32. The number of carbonyl (C=O) groups is 2. The molecule has 1 aliphatic rings. The Morgan fingerprint density at radius 2 is 2.11 bits per heavy atom. The topological polar surface area (TPSA) is 52.6 Å². The minimum absolute atomic E-state index is 0.0656. The number of para-hydroxylation sites is 1. The smallest absolute Gasteiger partial charge is 0.387 e. The Labute approximate surface area is 101 Å². The number of ether oxygens (including phenoxy) is 2. The highest BCUT2D eigenvalue weighted by Crippen LogP contribution is 2.36. The lowest BCUT2D eigenvalue weighted by atomic mass is 9.95. The van der Waals surface area contributed by atoms with Crippen LogP contribution in [0, 0.1) is 6.92 Å². The van der Waals surface area contributed by atoms with Gasteiger partial charge >= 0.3 is 18.6 Å². The Bertz CT molecular complexity index is 499. The minimum Gasteiger partial charge on any atom is -0.434 e. The summed E-state index contributed by atoms with van der Waals surface area (Å²) < 4.78 is 33.5. The third-order valence-corrected chi connectivity index (χ3v) is 2.69. The second kappa shape index (κ2) is 4.72. The molecule has 0 aromatic heterocycles. The fourth-order valence-electron chi connectivity index (χ4n) is 1.91. The highest BCUT2D eigenvalue weighted by molar-refractivity contribution is 5.98. The van der Waals surface area contributed by atoms with Crippen molar-refractivity contribution in [2.45, 2.75) is 25.9 Å². The van der Waals surface area contributed by atoms with Crippen molar-refractivity contribution in [1.82, 2.24) is 0 Å². The van der Waals surface area contributed by atoms with Crippen molar-refractivity contribution in [2.75, 3.05) is 0 Å². The van der Waals surface area contributed by atoms with Crippen LogP contribution in [-0.2, 0) is 14.3 Å². The molecule has 96 valence electrons. The maximum atomic E-state index is 12.3. The van der Waals surface area contributed by atoms with Crippen LogP contribution in [0.5, 0.6) is 5.75 Å². The average molecular weight is 256 g/mol. The van der Waals surface area contributed by atoms with Crippen LogP contribution >= 0.6 is 0 Å². The van der Waals surface area contributed by atoms with Crippen LogP contribution in [0.4, 0.5) is 8.78 Å². The summed E-state index contributed by atoms with van der Waals surface area (Å²) in [5, 5.41) is 0. The van der Waals surface area contributed by atoms with Gasteiger partial charge in [-0.05, 0) is 12.5 Å². The van der Waals surface area contributed by atoms with Crippen molar-refractivity contribution >= 4 is 11.9 Å². The van der Waals surface area contributed by atoms with Gasteiger partial charge in [0.05, 0.1) is 12.3 Å². The lowest BCUT2D eigenvalue weighted by Crippen LogP contribution is -2.11. The van der Waals surface area contributed by atoms with Crippen molar-refractivity contribution < 1.29 is 27.8 Å². The highest BCUT2D eigenvalue weighted by Gasteiger charge is 2.37. The molecule has 0 aliphatic carbocycles. The van der Waals surface area contributed by atoms with Crippen molar-refractivity contribution in [2.24, 2.45) is 0 Å². The van der Waals surface area contributed by atoms with E-state index in [1.165, 1.54) is 6.07 Å². The monoisotopic (exact) mass is 256 g/mol. The molecule has 1 atom stereocenters. The van der Waals surface area contributed by atoms with Gasteiger partial charge in [-0.25, -0.2) is 0 Å². The number of aryl methyl sites for hydroxylation is 1. The normalized spacial score (nSPS) is 19.2. The molecule has 18 heavy (non-hydrogen) atoms. The van der Waals surface area contributed by atoms with E-state index in [9.17, 15) is 18.4 Å². The number of carbonyl (C=O) groups excluding carboxylic acids is 2. The first-order chi connectivity index (χ1) is 8.49. The molecule has 0 spiro atoms. The Kier molecular flexibility index (Phi) is 3.27. The zero-order valence-electron chi connectivity index (χ0n) is 9.48. The zero-order chi connectivity index (χ0) is 13.3. The molecular weight excluding hydrogens is 246 g/mol. The molecule has 0 radical (unpaired) electrons. The quantitative estimate of drug-likeness (QED) is 0.614. The van der Waals surface area contributed by atoms with Gasteiger partial charge in [0, 0.05) is 5.56 Å². The number of cyclic esters (lactones) is 2. The van der Waals surface area contributed by atoms with Gasteiger partial charge in [0.1, 0.15) is 5.75 Å². The largest absolute Gasteiger partial charge is 0.434 e. The van der Waals surface area contributed by atoms with E-state index in [1.807, 2.05) is 0 Å². The fraction of sp³-hybridized carbons (Fsp3) is 0.333. The molecule has 1 fully saturated rings. The summed E-state index contributed by atoms with van der Waals surface area (Å²) in [6.45, 7) is -1.40. The average Bonchev–Trinajstić information content (AvgIpc) is 2.60.